The minimum absolute atomic E-state index is 0.123. The second-order valence-electron chi connectivity index (χ2n) is 7.11. The number of sulfonamides is 1. The molecule has 6 nitrogen and oxygen atoms in total. The fourth-order valence-electron chi connectivity index (χ4n) is 2.45. The molecule has 8 heteroatoms. The van der Waals surface area contributed by atoms with Crippen LogP contribution in [0.15, 0.2) is 53.4 Å². The topological polar surface area (TPSA) is 92.5 Å². The molecule has 3 N–H and O–H groups in total. The lowest BCUT2D eigenvalue weighted by molar-refractivity contribution is 0.102. The van der Waals surface area contributed by atoms with Crippen LogP contribution in [-0.2, 0) is 10.0 Å². The number of amides is 1. The van der Waals surface area contributed by atoms with E-state index in [0.29, 0.717) is 17.8 Å². The van der Waals surface area contributed by atoms with Gasteiger partial charge in [0.25, 0.3) is 5.91 Å². The number of carbonyl (C=O) groups is 1. The molecule has 0 heterocycles. The Hall–Kier alpha value is -2.29. The summed E-state index contributed by atoms with van der Waals surface area (Å²) >= 11 is 0. The second kappa shape index (κ2) is 8.16. The summed E-state index contributed by atoms with van der Waals surface area (Å²) in [5, 5.41) is 2.65. The molecule has 27 heavy (non-hydrogen) atoms. The van der Waals surface area contributed by atoms with Crippen molar-refractivity contribution in [3.63, 3.8) is 0 Å². The van der Waals surface area contributed by atoms with Gasteiger partial charge in [0, 0.05) is 24.8 Å². The number of rotatable bonds is 7. The lowest BCUT2D eigenvalue weighted by Gasteiger charge is -2.28. The molecule has 0 aromatic heterocycles. The highest BCUT2D eigenvalue weighted by atomic mass is 32.2. The van der Waals surface area contributed by atoms with Crippen molar-refractivity contribution in [3.05, 3.63) is 59.9 Å². The Balaban J connectivity index is 2.11. The lowest BCUT2D eigenvalue weighted by Crippen LogP contribution is -2.39. The number of halogens is 1. The molecule has 0 fully saturated rings. The highest BCUT2D eigenvalue weighted by molar-refractivity contribution is 7.89. The predicted octanol–water partition coefficient (Wildman–Crippen LogP) is 2.68. The first-order chi connectivity index (χ1) is 12.5. The van der Waals surface area contributed by atoms with E-state index in [9.17, 15) is 17.6 Å². The van der Waals surface area contributed by atoms with Crippen LogP contribution in [-0.4, -0.2) is 38.8 Å². The first-order valence-electron chi connectivity index (χ1n) is 8.38. The Morgan fingerprint density at radius 2 is 1.67 bits per heavy atom. The van der Waals surface area contributed by atoms with Gasteiger partial charge in [0.1, 0.15) is 5.82 Å². The number of nitrogens with two attached hydrogens (primary N) is 1. The molecule has 0 spiro atoms. The number of anilines is 1. The van der Waals surface area contributed by atoms with Gasteiger partial charge in [-0.15, -0.1) is 0 Å². The van der Waals surface area contributed by atoms with Crippen LogP contribution < -0.4 is 11.1 Å². The van der Waals surface area contributed by atoms with Crippen molar-refractivity contribution in [2.45, 2.75) is 18.7 Å². The van der Waals surface area contributed by atoms with Crippen LogP contribution in [0.5, 0.6) is 0 Å². The fourth-order valence-corrected chi connectivity index (χ4v) is 3.81. The van der Waals surface area contributed by atoms with Gasteiger partial charge in [-0.2, -0.15) is 0 Å². The Kier molecular flexibility index (Phi) is 6.35. The van der Waals surface area contributed by atoms with E-state index < -0.39 is 21.7 Å². The highest BCUT2D eigenvalue weighted by Gasteiger charge is 2.27. The predicted molar refractivity (Wildman–Crippen MR) is 103 cm³/mol. The maximum atomic E-state index is 12.9. The normalized spacial score (nSPS) is 12.2. The number of carbonyl (C=O) groups excluding carboxylic acids is 1. The summed E-state index contributed by atoms with van der Waals surface area (Å²) in [6.07, 6.45) is 0. The zero-order valence-electron chi connectivity index (χ0n) is 15.6. The van der Waals surface area contributed by atoms with Gasteiger partial charge in [-0.1, -0.05) is 13.8 Å². The number of nitrogens with zero attached hydrogens (tertiary/aromatic N) is 1. The van der Waals surface area contributed by atoms with Gasteiger partial charge in [0.05, 0.1) is 4.90 Å². The minimum atomic E-state index is -3.66. The van der Waals surface area contributed by atoms with E-state index in [2.05, 4.69) is 5.32 Å². The summed E-state index contributed by atoms with van der Waals surface area (Å²) in [6.45, 7) is 4.44. The van der Waals surface area contributed by atoms with E-state index >= 15 is 0 Å². The first-order valence-corrected chi connectivity index (χ1v) is 9.82. The third kappa shape index (κ3) is 5.35. The lowest BCUT2D eigenvalue weighted by atomic mass is 9.94. The standard InChI is InChI=1S/C19H24FN3O3S/c1-19(2,12-21)13-23(3)27(25,26)17-10-8-16(9-11-17)22-18(24)14-4-6-15(20)7-5-14/h4-11H,12-13,21H2,1-3H3,(H,22,24). The van der Waals surface area contributed by atoms with E-state index in [4.69, 9.17) is 5.73 Å². The van der Waals surface area contributed by atoms with Crippen LogP contribution in [0.3, 0.4) is 0 Å². The van der Waals surface area contributed by atoms with E-state index in [0.717, 1.165) is 0 Å². The molecule has 0 saturated heterocycles. The van der Waals surface area contributed by atoms with Crippen LogP contribution >= 0.6 is 0 Å². The quantitative estimate of drug-likeness (QED) is 0.756. The third-order valence-electron chi connectivity index (χ3n) is 4.13. The van der Waals surface area contributed by atoms with Crippen LogP contribution in [0.2, 0.25) is 0 Å². The van der Waals surface area contributed by atoms with Crippen LogP contribution in [0.25, 0.3) is 0 Å². The largest absolute Gasteiger partial charge is 0.330 e. The van der Waals surface area contributed by atoms with Crippen molar-refractivity contribution in [1.29, 1.82) is 0 Å². The maximum Gasteiger partial charge on any atom is 0.255 e. The summed E-state index contributed by atoms with van der Waals surface area (Å²) in [5.41, 5.74) is 6.07. The molecule has 2 rings (SSSR count). The average molecular weight is 393 g/mol. The molecule has 0 unspecified atom stereocenters. The van der Waals surface area contributed by atoms with E-state index in [1.165, 1.54) is 59.9 Å². The molecular weight excluding hydrogens is 369 g/mol. The molecule has 146 valence electrons. The monoisotopic (exact) mass is 393 g/mol. The molecule has 0 aliphatic heterocycles. The fraction of sp³-hybridized carbons (Fsp3) is 0.316. The van der Waals surface area contributed by atoms with Gasteiger partial charge < -0.3 is 11.1 Å². The van der Waals surface area contributed by atoms with Crippen molar-refractivity contribution in [2.75, 3.05) is 25.5 Å². The molecule has 1 amide bonds. The Morgan fingerprint density at radius 3 is 2.19 bits per heavy atom. The molecule has 0 radical (unpaired) electrons. The van der Waals surface area contributed by atoms with E-state index in [-0.39, 0.29) is 16.9 Å². The number of hydrogen-bond donors (Lipinski definition) is 2. The number of benzene rings is 2. The van der Waals surface area contributed by atoms with Crippen molar-refractivity contribution >= 4 is 21.6 Å². The summed E-state index contributed by atoms with van der Waals surface area (Å²) in [4.78, 5) is 12.3. The van der Waals surface area contributed by atoms with Gasteiger partial charge in [-0.05, 0) is 60.5 Å². The molecule has 0 atom stereocenters. The van der Waals surface area contributed by atoms with Crippen LogP contribution in [0.4, 0.5) is 10.1 Å². The van der Waals surface area contributed by atoms with Crippen molar-refractivity contribution in [1.82, 2.24) is 4.31 Å². The first kappa shape index (κ1) is 21.0. The Labute approximate surface area is 159 Å². The molecule has 2 aromatic carbocycles. The van der Waals surface area contributed by atoms with Gasteiger partial charge in [-0.3, -0.25) is 4.79 Å². The van der Waals surface area contributed by atoms with Crippen molar-refractivity contribution in [3.8, 4) is 0 Å². The van der Waals surface area contributed by atoms with Crippen LogP contribution in [0, 0.1) is 11.2 Å². The second-order valence-corrected chi connectivity index (χ2v) is 9.16. The SMILES string of the molecule is CN(CC(C)(C)CN)S(=O)(=O)c1ccc(NC(=O)c2ccc(F)cc2)cc1. The van der Waals surface area contributed by atoms with Gasteiger partial charge in [-0.25, -0.2) is 17.1 Å². The molecular formula is C19H24FN3O3S. The summed E-state index contributed by atoms with van der Waals surface area (Å²) in [5.74, 6) is -0.838. The molecule has 0 aliphatic carbocycles. The Bertz CT molecular complexity index is 895. The van der Waals surface area contributed by atoms with Gasteiger partial charge in [0.2, 0.25) is 10.0 Å². The van der Waals surface area contributed by atoms with Crippen molar-refractivity contribution in [2.24, 2.45) is 11.1 Å². The zero-order chi connectivity index (χ0) is 20.2. The van der Waals surface area contributed by atoms with Crippen molar-refractivity contribution < 1.29 is 17.6 Å². The minimum Gasteiger partial charge on any atom is -0.330 e. The smallest absolute Gasteiger partial charge is 0.255 e. The van der Waals surface area contributed by atoms with Gasteiger partial charge in [0.15, 0.2) is 0 Å². The molecule has 0 bridgehead atoms. The van der Waals surface area contributed by atoms with Gasteiger partial charge >= 0.3 is 0 Å². The number of nitrogens with one attached hydrogen (secondary N) is 1. The molecule has 0 aliphatic rings. The average Bonchev–Trinajstić information content (AvgIpc) is 2.62. The number of hydrogen-bond acceptors (Lipinski definition) is 4. The van der Waals surface area contributed by atoms with E-state index in [1.807, 2.05) is 13.8 Å². The Morgan fingerprint density at radius 1 is 1.11 bits per heavy atom. The zero-order valence-corrected chi connectivity index (χ0v) is 16.4. The molecule has 2 aromatic rings. The van der Waals surface area contributed by atoms with E-state index in [1.54, 1.807) is 0 Å². The highest BCUT2D eigenvalue weighted by Crippen LogP contribution is 2.22. The summed E-state index contributed by atoms with van der Waals surface area (Å²) in [7, 11) is -2.15. The summed E-state index contributed by atoms with van der Waals surface area (Å²) in [6, 6.07) is 11.0. The summed E-state index contributed by atoms with van der Waals surface area (Å²) < 4.78 is 39.5. The molecule has 0 saturated carbocycles. The van der Waals surface area contributed by atoms with Crippen LogP contribution in [0.1, 0.15) is 24.2 Å². The third-order valence-corrected chi connectivity index (χ3v) is 5.95. The maximum absolute atomic E-state index is 12.9.